The van der Waals surface area contributed by atoms with Crippen molar-refractivity contribution in [2.45, 2.75) is 6.42 Å². The molecular weight excluding hydrogens is 382 g/mol. The minimum Gasteiger partial charge on any atom is -0.507 e. The molecule has 0 radical (unpaired) electrons. The molecule has 3 aromatic carbocycles. The summed E-state index contributed by atoms with van der Waals surface area (Å²) >= 11 is 0. The summed E-state index contributed by atoms with van der Waals surface area (Å²) in [6, 6.07) is 18.8. The zero-order valence-electron chi connectivity index (χ0n) is 16.2. The lowest BCUT2D eigenvalue weighted by Crippen LogP contribution is -2.20. The molecule has 0 aliphatic heterocycles. The van der Waals surface area contributed by atoms with Crippen molar-refractivity contribution in [1.82, 2.24) is 9.97 Å². The van der Waals surface area contributed by atoms with Crippen molar-refractivity contribution in [2.75, 3.05) is 12.4 Å². The lowest BCUT2D eigenvalue weighted by Gasteiger charge is -2.10. The van der Waals surface area contributed by atoms with Crippen LogP contribution >= 0.6 is 0 Å². The van der Waals surface area contributed by atoms with Crippen LogP contribution in [0.15, 0.2) is 71.5 Å². The average molecular weight is 401 g/mol. The maximum absolute atomic E-state index is 12.8. The molecule has 0 unspecified atom stereocenters. The maximum Gasteiger partial charge on any atom is 0.274 e. The van der Waals surface area contributed by atoms with Gasteiger partial charge in [-0.15, -0.1) is 0 Å². The van der Waals surface area contributed by atoms with E-state index in [0.29, 0.717) is 28.7 Å². The van der Waals surface area contributed by atoms with Gasteiger partial charge in [0.25, 0.3) is 11.5 Å². The number of H-pyrrole nitrogens is 1. The van der Waals surface area contributed by atoms with Crippen LogP contribution in [-0.4, -0.2) is 28.1 Å². The Morgan fingerprint density at radius 1 is 1.07 bits per heavy atom. The van der Waals surface area contributed by atoms with Crippen LogP contribution in [0, 0.1) is 0 Å². The Bertz CT molecular complexity index is 1280. The van der Waals surface area contributed by atoms with Crippen molar-refractivity contribution in [2.24, 2.45) is 0 Å². The molecule has 7 heteroatoms. The van der Waals surface area contributed by atoms with Crippen molar-refractivity contribution in [3.05, 3.63) is 94.2 Å². The molecule has 0 spiro atoms. The van der Waals surface area contributed by atoms with Crippen LogP contribution in [-0.2, 0) is 6.42 Å². The highest BCUT2D eigenvalue weighted by Crippen LogP contribution is 2.29. The monoisotopic (exact) mass is 401 g/mol. The normalized spacial score (nSPS) is 10.7. The largest absolute Gasteiger partial charge is 0.507 e. The van der Waals surface area contributed by atoms with Gasteiger partial charge in [0.05, 0.1) is 7.11 Å². The molecule has 30 heavy (non-hydrogen) atoms. The van der Waals surface area contributed by atoms with Gasteiger partial charge in [-0.1, -0.05) is 36.4 Å². The van der Waals surface area contributed by atoms with E-state index < -0.39 is 11.5 Å². The average Bonchev–Trinajstić information content (AvgIpc) is 2.74. The van der Waals surface area contributed by atoms with Gasteiger partial charge in [-0.2, -0.15) is 0 Å². The summed E-state index contributed by atoms with van der Waals surface area (Å²) in [5, 5.41) is 14.1. The predicted octanol–water partition coefficient (Wildman–Crippen LogP) is 3.48. The van der Waals surface area contributed by atoms with Crippen LogP contribution < -0.4 is 15.6 Å². The van der Waals surface area contributed by atoms with E-state index in [2.05, 4.69) is 15.3 Å². The summed E-state index contributed by atoms with van der Waals surface area (Å²) in [6.07, 6.45) is 0.364. The van der Waals surface area contributed by atoms with Crippen LogP contribution in [0.25, 0.3) is 10.8 Å². The number of phenols is 1. The Hall–Kier alpha value is -4.13. The van der Waals surface area contributed by atoms with Gasteiger partial charge < -0.3 is 20.1 Å². The summed E-state index contributed by atoms with van der Waals surface area (Å²) in [4.78, 5) is 31.9. The van der Waals surface area contributed by atoms with Gasteiger partial charge in [0.1, 0.15) is 23.0 Å². The Kier molecular flexibility index (Phi) is 5.17. The number of rotatable bonds is 5. The van der Waals surface area contributed by atoms with Crippen LogP contribution in [0.1, 0.15) is 21.9 Å². The molecule has 0 saturated heterocycles. The molecule has 1 amide bonds. The minimum atomic E-state index is -0.507. The molecule has 150 valence electrons. The second-order valence-corrected chi connectivity index (χ2v) is 6.73. The molecule has 4 aromatic rings. The number of hydrogen-bond acceptors (Lipinski definition) is 5. The first-order valence-corrected chi connectivity index (χ1v) is 9.29. The maximum atomic E-state index is 12.8. The van der Waals surface area contributed by atoms with Crippen molar-refractivity contribution >= 4 is 22.4 Å². The predicted molar refractivity (Wildman–Crippen MR) is 114 cm³/mol. The highest BCUT2D eigenvalue weighted by Gasteiger charge is 2.13. The van der Waals surface area contributed by atoms with Gasteiger partial charge in [-0.3, -0.25) is 9.59 Å². The number of amides is 1. The quantitative estimate of drug-likeness (QED) is 0.475. The topological polar surface area (TPSA) is 104 Å². The van der Waals surface area contributed by atoms with E-state index >= 15 is 0 Å². The smallest absolute Gasteiger partial charge is 0.274 e. The molecule has 0 atom stereocenters. The SMILES string of the molecule is COc1ccc(Cc2nc(C(=O)Nc3cccc4c(O)cccc34)cc(=O)[nH]2)cc1. The van der Waals surface area contributed by atoms with Gasteiger partial charge in [0, 0.05) is 28.9 Å². The zero-order chi connectivity index (χ0) is 21.1. The molecule has 0 aliphatic carbocycles. The fourth-order valence-electron chi connectivity index (χ4n) is 3.23. The summed E-state index contributed by atoms with van der Waals surface area (Å²) in [5.74, 6) is 0.732. The number of aromatic hydroxyl groups is 1. The molecule has 0 saturated carbocycles. The fourth-order valence-corrected chi connectivity index (χ4v) is 3.23. The van der Waals surface area contributed by atoms with E-state index in [9.17, 15) is 14.7 Å². The number of anilines is 1. The van der Waals surface area contributed by atoms with E-state index in [1.165, 1.54) is 0 Å². The van der Waals surface area contributed by atoms with E-state index in [1.807, 2.05) is 24.3 Å². The van der Waals surface area contributed by atoms with E-state index in [1.54, 1.807) is 43.5 Å². The van der Waals surface area contributed by atoms with Crippen LogP contribution in [0.3, 0.4) is 0 Å². The fraction of sp³-hybridized carbons (Fsp3) is 0.0870. The lowest BCUT2D eigenvalue weighted by molar-refractivity contribution is 0.102. The number of methoxy groups -OCH3 is 1. The molecule has 1 heterocycles. The first kappa shape index (κ1) is 19.2. The molecule has 0 aliphatic rings. The van der Waals surface area contributed by atoms with Gasteiger partial charge >= 0.3 is 0 Å². The van der Waals surface area contributed by atoms with Crippen molar-refractivity contribution < 1.29 is 14.6 Å². The Labute approximate surface area is 172 Å². The number of carbonyl (C=O) groups excluding carboxylic acids is 1. The zero-order valence-corrected chi connectivity index (χ0v) is 16.2. The number of phenolic OH excluding ortho intramolecular Hbond substituents is 1. The summed E-state index contributed by atoms with van der Waals surface area (Å²) in [7, 11) is 1.59. The first-order valence-electron chi connectivity index (χ1n) is 9.29. The summed E-state index contributed by atoms with van der Waals surface area (Å²) in [5.41, 5.74) is 1.04. The highest BCUT2D eigenvalue weighted by molar-refractivity contribution is 6.09. The number of aromatic amines is 1. The van der Waals surface area contributed by atoms with E-state index in [0.717, 1.165) is 17.4 Å². The molecule has 7 nitrogen and oxygen atoms in total. The lowest BCUT2D eigenvalue weighted by atomic mass is 10.1. The number of nitrogens with one attached hydrogen (secondary N) is 2. The highest BCUT2D eigenvalue weighted by atomic mass is 16.5. The summed E-state index contributed by atoms with van der Waals surface area (Å²) < 4.78 is 5.14. The third-order valence-corrected chi connectivity index (χ3v) is 4.70. The Morgan fingerprint density at radius 2 is 1.80 bits per heavy atom. The minimum absolute atomic E-state index is 0.0133. The van der Waals surface area contributed by atoms with Gasteiger partial charge in [-0.25, -0.2) is 4.98 Å². The Morgan fingerprint density at radius 3 is 2.57 bits per heavy atom. The third kappa shape index (κ3) is 4.00. The number of fused-ring (bicyclic) bond motifs is 1. The number of hydrogen-bond donors (Lipinski definition) is 3. The summed E-state index contributed by atoms with van der Waals surface area (Å²) in [6.45, 7) is 0. The van der Waals surface area contributed by atoms with Gasteiger partial charge in [-0.05, 0) is 29.8 Å². The third-order valence-electron chi connectivity index (χ3n) is 4.70. The number of ether oxygens (including phenoxy) is 1. The molecule has 4 rings (SSSR count). The van der Waals surface area contributed by atoms with Crippen molar-refractivity contribution in [3.8, 4) is 11.5 Å². The molecule has 3 N–H and O–H groups in total. The second-order valence-electron chi connectivity index (χ2n) is 6.73. The van der Waals surface area contributed by atoms with Gasteiger partial charge in [0.2, 0.25) is 0 Å². The standard InChI is InChI=1S/C23H19N3O4/c1-30-15-10-8-14(9-11-15)12-21-24-19(13-22(28)26-21)23(29)25-18-6-2-5-17-16(18)4-3-7-20(17)27/h2-11,13,27H,12H2,1H3,(H,25,29)(H,24,26,28). The number of nitrogens with zero attached hydrogens (tertiary/aromatic N) is 1. The van der Waals surface area contributed by atoms with Crippen LogP contribution in [0.2, 0.25) is 0 Å². The number of carbonyl (C=O) groups is 1. The molecule has 0 bridgehead atoms. The van der Waals surface area contributed by atoms with Crippen LogP contribution in [0.4, 0.5) is 5.69 Å². The van der Waals surface area contributed by atoms with Gasteiger partial charge in [0.15, 0.2) is 0 Å². The second kappa shape index (κ2) is 8.08. The molecule has 1 aromatic heterocycles. The van der Waals surface area contributed by atoms with E-state index in [-0.39, 0.29) is 11.4 Å². The van der Waals surface area contributed by atoms with Crippen LogP contribution in [0.5, 0.6) is 11.5 Å². The molecular formula is C23H19N3O4. The number of aromatic nitrogens is 2. The Balaban J connectivity index is 1.60. The van der Waals surface area contributed by atoms with Crippen molar-refractivity contribution in [1.29, 1.82) is 0 Å². The van der Waals surface area contributed by atoms with E-state index in [4.69, 9.17) is 4.74 Å². The number of benzene rings is 3. The first-order chi connectivity index (χ1) is 14.5. The molecule has 0 fully saturated rings. The van der Waals surface area contributed by atoms with Crippen molar-refractivity contribution in [3.63, 3.8) is 0 Å².